The SMILES string of the molecule is Cc1ccc(F)c(-c2cc(Cl)ccc2CNC2CC2)c1. The number of halogens is 2. The molecule has 0 spiro atoms. The van der Waals surface area contributed by atoms with E-state index in [0.29, 0.717) is 16.6 Å². The topological polar surface area (TPSA) is 12.0 Å². The smallest absolute Gasteiger partial charge is 0.131 e. The first-order valence-electron chi connectivity index (χ1n) is 6.92. The molecular weight excluding hydrogens is 273 g/mol. The summed E-state index contributed by atoms with van der Waals surface area (Å²) in [5.74, 6) is -0.203. The maximum Gasteiger partial charge on any atom is 0.131 e. The van der Waals surface area contributed by atoms with Crippen LogP contribution in [0.25, 0.3) is 11.1 Å². The molecule has 0 bridgehead atoms. The van der Waals surface area contributed by atoms with Crippen LogP contribution in [0, 0.1) is 12.7 Å². The highest BCUT2D eigenvalue weighted by Gasteiger charge is 2.21. The minimum Gasteiger partial charge on any atom is -0.310 e. The fraction of sp³-hybridized carbons (Fsp3) is 0.294. The summed E-state index contributed by atoms with van der Waals surface area (Å²) in [7, 11) is 0. The van der Waals surface area contributed by atoms with Crippen LogP contribution in [0.3, 0.4) is 0 Å². The third kappa shape index (κ3) is 3.02. The third-order valence-electron chi connectivity index (χ3n) is 3.64. The molecule has 1 saturated carbocycles. The average Bonchev–Trinajstić information content (AvgIpc) is 3.24. The van der Waals surface area contributed by atoms with Crippen molar-refractivity contribution in [3.05, 3.63) is 58.4 Å². The van der Waals surface area contributed by atoms with Gasteiger partial charge in [0, 0.05) is 23.2 Å². The van der Waals surface area contributed by atoms with Gasteiger partial charge in [-0.1, -0.05) is 29.3 Å². The van der Waals surface area contributed by atoms with Crippen molar-refractivity contribution in [2.75, 3.05) is 0 Å². The van der Waals surface area contributed by atoms with Gasteiger partial charge >= 0.3 is 0 Å². The van der Waals surface area contributed by atoms with Crippen LogP contribution in [0.5, 0.6) is 0 Å². The molecule has 1 fully saturated rings. The summed E-state index contributed by atoms with van der Waals surface area (Å²) in [5.41, 5.74) is 3.64. The quantitative estimate of drug-likeness (QED) is 0.860. The number of hydrogen-bond acceptors (Lipinski definition) is 1. The van der Waals surface area contributed by atoms with Gasteiger partial charge in [0.15, 0.2) is 0 Å². The number of hydrogen-bond donors (Lipinski definition) is 1. The monoisotopic (exact) mass is 289 g/mol. The predicted octanol–water partition coefficient (Wildman–Crippen LogP) is 4.71. The molecule has 2 aromatic carbocycles. The molecule has 2 aromatic rings. The largest absolute Gasteiger partial charge is 0.310 e. The fourth-order valence-corrected chi connectivity index (χ4v) is 2.51. The maximum atomic E-state index is 14.1. The Kier molecular flexibility index (Phi) is 3.77. The molecule has 20 heavy (non-hydrogen) atoms. The lowest BCUT2D eigenvalue weighted by Crippen LogP contribution is -2.16. The van der Waals surface area contributed by atoms with Crippen molar-refractivity contribution in [2.24, 2.45) is 0 Å². The summed E-state index contributed by atoms with van der Waals surface area (Å²) >= 11 is 6.09. The van der Waals surface area contributed by atoms with Crippen LogP contribution < -0.4 is 5.32 Å². The lowest BCUT2D eigenvalue weighted by atomic mass is 9.97. The molecule has 0 radical (unpaired) electrons. The summed E-state index contributed by atoms with van der Waals surface area (Å²) < 4.78 is 14.1. The normalized spacial score (nSPS) is 14.6. The van der Waals surface area contributed by atoms with Crippen LogP contribution >= 0.6 is 11.6 Å². The van der Waals surface area contributed by atoms with E-state index in [9.17, 15) is 4.39 Å². The van der Waals surface area contributed by atoms with Gasteiger partial charge in [-0.2, -0.15) is 0 Å². The predicted molar refractivity (Wildman–Crippen MR) is 81.4 cm³/mol. The molecule has 3 heteroatoms. The first-order valence-corrected chi connectivity index (χ1v) is 7.29. The van der Waals surface area contributed by atoms with Gasteiger partial charge in [-0.25, -0.2) is 4.39 Å². The van der Waals surface area contributed by atoms with Crippen molar-refractivity contribution in [2.45, 2.75) is 32.4 Å². The third-order valence-corrected chi connectivity index (χ3v) is 3.88. The highest BCUT2D eigenvalue weighted by molar-refractivity contribution is 6.30. The van der Waals surface area contributed by atoms with E-state index >= 15 is 0 Å². The van der Waals surface area contributed by atoms with E-state index in [-0.39, 0.29) is 5.82 Å². The summed E-state index contributed by atoms with van der Waals surface area (Å²) in [6.45, 7) is 2.72. The standard InChI is InChI=1S/C17H17ClFN/c1-11-2-7-17(19)16(8-11)15-9-13(18)4-3-12(15)10-20-14-5-6-14/h2-4,7-9,14,20H,5-6,10H2,1H3. The van der Waals surface area contributed by atoms with Gasteiger partial charge in [-0.05, 0) is 55.2 Å². The molecule has 1 nitrogen and oxygen atoms in total. The van der Waals surface area contributed by atoms with Crippen LogP contribution in [-0.2, 0) is 6.54 Å². The first-order chi connectivity index (χ1) is 9.63. The van der Waals surface area contributed by atoms with E-state index < -0.39 is 0 Å². The van der Waals surface area contributed by atoms with Crippen molar-refractivity contribution in [1.29, 1.82) is 0 Å². The molecule has 104 valence electrons. The van der Waals surface area contributed by atoms with Crippen molar-refractivity contribution in [1.82, 2.24) is 5.32 Å². The van der Waals surface area contributed by atoms with Crippen molar-refractivity contribution in [3.63, 3.8) is 0 Å². The van der Waals surface area contributed by atoms with E-state index in [0.717, 1.165) is 23.2 Å². The number of rotatable bonds is 4. The zero-order valence-electron chi connectivity index (χ0n) is 11.4. The molecule has 0 atom stereocenters. The zero-order chi connectivity index (χ0) is 14.1. The number of nitrogens with one attached hydrogen (secondary N) is 1. The summed E-state index contributed by atoms with van der Waals surface area (Å²) in [4.78, 5) is 0. The Balaban J connectivity index is 2.00. The molecule has 0 unspecified atom stereocenters. The van der Waals surface area contributed by atoms with Gasteiger partial charge in [-0.3, -0.25) is 0 Å². The second-order valence-electron chi connectivity index (χ2n) is 5.44. The molecule has 1 N–H and O–H groups in total. The summed E-state index contributed by atoms with van der Waals surface area (Å²) in [5, 5.41) is 4.11. The van der Waals surface area contributed by atoms with E-state index in [4.69, 9.17) is 11.6 Å². The summed E-state index contributed by atoms with van der Waals surface area (Å²) in [6, 6.07) is 11.5. The lowest BCUT2D eigenvalue weighted by molar-refractivity contribution is 0.630. The van der Waals surface area contributed by atoms with E-state index in [2.05, 4.69) is 5.32 Å². The molecule has 0 saturated heterocycles. The summed E-state index contributed by atoms with van der Waals surface area (Å²) in [6.07, 6.45) is 2.48. The zero-order valence-corrected chi connectivity index (χ0v) is 12.2. The molecular formula is C17H17ClFN. The van der Waals surface area contributed by atoms with Crippen LogP contribution in [-0.4, -0.2) is 6.04 Å². The molecule has 0 amide bonds. The Morgan fingerprint density at radius 1 is 1.15 bits per heavy atom. The van der Waals surface area contributed by atoms with E-state index in [1.807, 2.05) is 31.2 Å². The minimum absolute atomic E-state index is 0.203. The second kappa shape index (κ2) is 5.55. The maximum absolute atomic E-state index is 14.1. The Bertz CT molecular complexity index is 635. The van der Waals surface area contributed by atoms with Gasteiger partial charge in [0.2, 0.25) is 0 Å². The molecule has 1 aliphatic carbocycles. The molecule has 0 aromatic heterocycles. The van der Waals surface area contributed by atoms with Crippen molar-refractivity contribution < 1.29 is 4.39 Å². The van der Waals surface area contributed by atoms with E-state index in [1.165, 1.54) is 18.9 Å². The van der Waals surface area contributed by atoms with Gasteiger partial charge in [0.25, 0.3) is 0 Å². The molecule has 0 aliphatic heterocycles. The highest BCUT2D eigenvalue weighted by atomic mass is 35.5. The number of benzene rings is 2. The van der Waals surface area contributed by atoms with Crippen molar-refractivity contribution in [3.8, 4) is 11.1 Å². The number of aryl methyl sites for hydroxylation is 1. The van der Waals surface area contributed by atoms with Gasteiger partial charge in [0.05, 0.1) is 0 Å². The van der Waals surface area contributed by atoms with Crippen molar-refractivity contribution >= 4 is 11.6 Å². The van der Waals surface area contributed by atoms with Gasteiger partial charge < -0.3 is 5.32 Å². The Morgan fingerprint density at radius 2 is 1.95 bits per heavy atom. The lowest BCUT2D eigenvalue weighted by Gasteiger charge is -2.13. The van der Waals surface area contributed by atoms with Crippen LogP contribution in [0.2, 0.25) is 5.02 Å². The Hall–Kier alpha value is -1.38. The highest BCUT2D eigenvalue weighted by Crippen LogP contribution is 2.30. The molecule has 3 rings (SSSR count). The first kappa shape index (κ1) is 13.6. The fourth-order valence-electron chi connectivity index (χ4n) is 2.34. The Morgan fingerprint density at radius 3 is 2.70 bits per heavy atom. The van der Waals surface area contributed by atoms with Gasteiger partial charge in [-0.15, -0.1) is 0 Å². The van der Waals surface area contributed by atoms with Crippen LogP contribution in [0.15, 0.2) is 36.4 Å². The Labute approximate surface area is 123 Å². The molecule has 0 heterocycles. The minimum atomic E-state index is -0.203. The molecule has 1 aliphatic rings. The van der Waals surface area contributed by atoms with Gasteiger partial charge in [0.1, 0.15) is 5.82 Å². The second-order valence-corrected chi connectivity index (χ2v) is 5.88. The van der Waals surface area contributed by atoms with Crippen LogP contribution in [0.4, 0.5) is 4.39 Å². The van der Waals surface area contributed by atoms with E-state index in [1.54, 1.807) is 6.07 Å². The van der Waals surface area contributed by atoms with Crippen LogP contribution in [0.1, 0.15) is 24.0 Å². The average molecular weight is 290 g/mol.